The van der Waals surface area contributed by atoms with E-state index >= 15 is 0 Å². The van der Waals surface area contributed by atoms with E-state index in [0.29, 0.717) is 27.8 Å². The van der Waals surface area contributed by atoms with Gasteiger partial charge < -0.3 is 4.74 Å². The second-order valence-corrected chi connectivity index (χ2v) is 4.39. The minimum absolute atomic E-state index is 0.322. The van der Waals surface area contributed by atoms with Crippen molar-refractivity contribution in [3.05, 3.63) is 53.5 Å². The third-order valence-corrected chi connectivity index (χ3v) is 3.16. The Bertz CT molecular complexity index is 616. The van der Waals surface area contributed by atoms with E-state index in [0.717, 1.165) is 0 Å². The van der Waals surface area contributed by atoms with Crippen LogP contribution in [-0.4, -0.2) is 18.1 Å². The summed E-state index contributed by atoms with van der Waals surface area (Å²) in [6.45, 7) is 0. The highest BCUT2D eigenvalue weighted by molar-refractivity contribution is 9.08. The summed E-state index contributed by atoms with van der Waals surface area (Å²) in [6, 6.07) is 9.47. The van der Waals surface area contributed by atoms with Crippen LogP contribution in [0.2, 0.25) is 0 Å². The van der Waals surface area contributed by atoms with Crippen LogP contribution in [0.1, 0.15) is 16.1 Å². The van der Waals surface area contributed by atoms with Gasteiger partial charge in [-0.15, -0.1) is 0 Å². The number of methoxy groups -OCH3 is 1. The number of rotatable bonds is 3. The van der Waals surface area contributed by atoms with Crippen LogP contribution in [0.25, 0.3) is 11.3 Å². The van der Waals surface area contributed by atoms with Gasteiger partial charge in [-0.25, -0.2) is 9.18 Å². The summed E-state index contributed by atoms with van der Waals surface area (Å²) in [5.74, 6) is -0.760. The zero-order chi connectivity index (χ0) is 13.8. The molecule has 0 amide bonds. The van der Waals surface area contributed by atoms with Crippen LogP contribution in [0.5, 0.6) is 0 Å². The van der Waals surface area contributed by atoms with Gasteiger partial charge in [-0.3, -0.25) is 4.98 Å². The summed E-state index contributed by atoms with van der Waals surface area (Å²) in [7, 11) is 1.32. The fourth-order valence-corrected chi connectivity index (χ4v) is 2.14. The Kier molecular flexibility index (Phi) is 4.27. The predicted molar refractivity (Wildman–Crippen MR) is 73.6 cm³/mol. The molecular weight excluding hydrogens is 313 g/mol. The highest BCUT2D eigenvalue weighted by Crippen LogP contribution is 2.21. The molecule has 0 atom stereocenters. The van der Waals surface area contributed by atoms with Crippen molar-refractivity contribution in [3.63, 3.8) is 0 Å². The zero-order valence-electron chi connectivity index (χ0n) is 10.2. The van der Waals surface area contributed by atoms with Crippen molar-refractivity contribution in [1.82, 2.24) is 4.98 Å². The maximum absolute atomic E-state index is 13.2. The Morgan fingerprint density at radius 2 is 2.16 bits per heavy atom. The smallest absolute Gasteiger partial charge is 0.339 e. The van der Waals surface area contributed by atoms with E-state index in [9.17, 15) is 9.18 Å². The summed E-state index contributed by atoms with van der Waals surface area (Å²) in [5, 5.41) is 0.417. The van der Waals surface area contributed by atoms with Gasteiger partial charge in [-0.2, -0.15) is 0 Å². The number of esters is 1. The Morgan fingerprint density at radius 3 is 2.79 bits per heavy atom. The quantitative estimate of drug-likeness (QED) is 0.640. The molecule has 0 radical (unpaired) electrons. The number of hydrogen-bond acceptors (Lipinski definition) is 3. The van der Waals surface area contributed by atoms with Gasteiger partial charge in [0.05, 0.1) is 24.1 Å². The molecule has 1 aromatic carbocycles. The molecule has 0 unspecified atom stereocenters. The van der Waals surface area contributed by atoms with Gasteiger partial charge in [0.1, 0.15) is 5.82 Å². The largest absolute Gasteiger partial charge is 0.465 e. The van der Waals surface area contributed by atoms with Gasteiger partial charge in [0, 0.05) is 10.9 Å². The number of carbonyl (C=O) groups is 1. The van der Waals surface area contributed by atoms with E-state index in [-0.39, 0.29) is 5.82 Å². The first kappa shape index (κ1) is 13.7. The van der Waals surface area contributed by atoms with Crippen LogP contribution in [-0.2, 0) is 10.1 Å². The van der Waals surface area contributed by atoms with Crippen LogP contribution < -0.4 is 0 Å². The molecule has 0 saturated heterocycles. The van der Waals surface area contributed by atoms with Gasteiger partial charge in [0.25, 0.3) is 0 Å². The van der Waals surface area contributed by atoms with Crippen molar-refractivity contribution >= 4 is 21.9 Å². The number of carbonyl (C=O) groups excluding carboxylic acids is 1. The lowest BCUT2D eigenvalue weighted by Crippen LogP contribution is -2.07. The van der Waals surface area contributed by atoms with E-state index in [4.69, 9.17) is 0 Å². The van der Waals surface area contributed by atoms with Crippen molar-refractivity contribution in [2.45, 2.75) is 5.33 Å². The van der Waals surface area contributed by atoms with E-state index < -0.39 is 5.97 Å². The molecule has 0 aliphatic rings. The third kappa shape index (κ3) is 2.98. The number of nitrogens with zero attached hydrogens (tertiary/aromatic N) is 1. The van der Waals surface area contributed by atoms with E-state index in [1.54, 1.807) is 24.3 Å². The molecule has 0 fully saturated rings. The lowest BCUT2D eigenvalue weighted by molar-refractivity contribution is 0.0599. The molecule has 5 heteroatoms. The Morgan fingerprint density at radius 1 is 1.37 bits per heavy atom. The number of alkyl halides is 1. The maximum Gasteiger partial charge on any atom is 0.339 e. The molecule has 1 aromatic heterocycles. The van der Waals surface area contributed by atoms with Crippen molar-refractivity contribution in [1.29, 1.82) is 0 Å². The van der Waals surface area contributed by atoms with E-state index in [2.05, 4.69) is 25.7 Å². The highest BCUT2D eigenvalue weighted by Gasteiger charge is 2.13. The molecule has 2 aromatic rings. The van der Waals surface area contributed by atoms with Gasteiger partial charge in [0.15, 0.2) is 0 Å². The molecule has 19 heavy (non-hydrogen) atoms. The molecule has 98 valence electrons. The first-order valence-electron chi connectivity index (χ1n) is 5.56. The SMILES string of the molecule is COC(=O)c1ccc(-c2cccc(F)c2)nc1CBr. The van der Waals surface area contributed by atoms with Crippen molar-refractivity contribution < 1.29 is 13.9 Å². The van der Waals surface area contributed by atoms with Crippen LogP contribution in [0.4, 0.5) is 4.39 Å². The average molecular weight is 324 g/mol. The van der Waals surface area contributed by atoms with Crippen LogP contribution in [0.3, 0.4) is 0 Å². The Hall–Kier alpha value is -1.75. The fraction of sp³-hybridized carbons (Fsp3) is 0.143. The highest BCUT2D eigenvalue weighted by atomic mass is 79.9. The van der Waals surface area contributed by atoms with Crippen molar-refractivity contribution in [3.8, 4) is 11.3 Å². The molecule has 0 saturated carbocycles. The maximum atomic E-state index is 13.2. The van der Waals surface area contributed by atoms with Crippen molar-refractivity contribution in [2.24, 2.45) is 0 Å². The van der Waals surface area contributed by atoms with Gasteiger partial charge in [0.2, 0.25) is 0 Å². The molecule has 0 aliphatic heterocycles. The molecule has 0 aliphatic carbocycles. The first-order valence-corrected chi connectivity index (χ1v) is 6.68. The summed E-state index contributed by atoms with van der Waals surface area (Å²) in [4.78, 5) is 15.9. The van der Waals surface area contributed by atoms with Crippen molar-refractivity contribution in [2.75, 3.05) is 7.11 Å². The summed E-state index contributed by atoms with van der Waals surface area (Å²) in [5.41, 5.74) is 2.24. The molecule has 0 spiro atoms. The lowest BCUT2D eigenvalue weighted by Gasteiger charge is -2.07. The number of aromatic nitrogens is 1. The molecule has 3 nitrogen and oxygen atoms in total. The van der Waals surface area contributed by atoms with Gasteiger partial charge >= 0.3 is 5.97 Å². The number of benzene rings is 1. The molecule has 0 bridgehead atoms. The fourth-order valence-electron chi connectivity index (χ4n) is 1.71. The Labute approximate surface area is 118 Å². The van der Waals surface area contributed by atoms with Crippen LogP contribution >= 0.6 is 15.9 Å². The number of pyridine rings is 1. The molecule has 0 N–H and O–H groups in total. The molecule has 2 rings (SSSR count). The van der Waals surface area contributed by atoms with Gasteiger partial charge in [-0.05, 0) is 24.3 Å². The zero-order valence-corrected chi connectivity index (χ0v) is 11.8. The van der Waals surface area contributed by atoms with Crippen LogP contribution in [0.15, 0.2) is 36.4 Å². The lowest BCUT2D eigenvalue weighted by atomic mass is 10.1. The predicted octanol–water partition coefficient (Wildman–Crippen LogP) is 3.57. The van der Waals surface area contributed by atoms with E-state index in [1.165, 1.54) is 19.2 Å². The number of halogens is 2. The average Bonchev–Trinajstić information content (AvgIpc) is 2.45. The Balaban J connectivity index is 2.47. The minimum atomic E-state index is -0.437. The second kappa shape index (κ2) is 5.93. The number of ether oxygens (including phenoxy) is 1. The standard InChI is InChI=1S/C14H11BrFNO2/c1-19-14(18)11-5-6-12(17-13(11)8-15)9-3-2-4-10(16)7-9/h2-7H,8H2,1H3. The first-order chi connectivity index (χ1) is 9.15. The topological polar surface area (TPSA) is 39.2 Å². The van der Waals surface area contributed by atoms with Crippen LogP contribution in [0, 0.1) is 5.82 Å². The van der Waals surface area contributed by atoms with Gasteiger partial charge in [-0.1, -0.05) is 28.1 Å². The number of hydrogen-bond donors (Lipinski definition) is 0. The second-order valence-electron chi connectivity index (χ2n) is 3.83. The monoisotopic (exact) mass is 323 g/mol. The summed E-state index contributed by atoms with van der Waals surface area (Å²) in [6.07, 6.45) is 0. The molecular formula is C14H11BrFNO2. The molecule has 1 heterocycles. The summed E-state index contributed by atoms with van der Waals surface area (Å²) < 4.78 is 17.9. The summed E-state index contributed by atoms with van der Waals surface area (Å²) >= 11 is 3.28. The normalized spacial score (nSPS) is 10.3. The van der Waals surface area contributed by atoms with E-state index in [1.807, 2.05) is 0 Å². The third-order valence-electron chi connectivity index (χ3n) is 2.63. The minimum Gasteiger partial charge on any atom is -0.465 e.